The van der Waals surface area contributed by atoms with E-state index in [0.29, 0.717) is 12.8 Å². The fraction of sp³-hybridized carbons (Fsp3) is 0.589. The number of hydrogen-bond donors (Lipinski definition) is 1. The lowest BCUT2D eigenvalue weighted by Gasteiger charge is -2.31. The zero-order chi connectivity index (χ0) is 47.0. The summed E-state index contributed by atoms with van der Waals surface area (Å²) in [6, 6.07) is -0.636. The maximum Gasteiger partial charge on any atom is 0.362 e. The van der Waals surface area contributed by atoms with Gasteiger partial charge in [0.2, 0.25) is 0 Å². The Bertz CT molecular complexity index is 1450. The van der Waals surface area contributed by atoms with Gasteiger partial charge in [-0.3, -0.25) is 9.59 Å². The Balaban J connectivity index is 4.45. The number of allylic oxidation sites excluding steroid dienone is 20. The lowest BCUT2D eigenvalue weighted by Crippen LogP contribution is -2.50. The fourth-order valence-corrected chi connectivity index (χ4v) is 6.32. The van der Waals surface area contributed by atoms with E-state index in [-0.39, 0.29) is 49.1 Å². The van der Waals surface area contributed by atoms with Gasteiger partial charge in [0.25, 0.3) is 0 Å². The minimum absolute atomic E-state index is 0.0245. The average Bonchev–Trinajstić information content (AvgIpc) is 3.26. The monoisotopic (exact) mass is 889 g/mol. The Morgan fingerprint density at radius 1 is 0.484 bits per heavy atom. The summed E-state index contributed by atoms with van der Waals surface area (Å²) in [4.78, 5) is 37.1. The number of esters is 2. The summed E-state index contributed by atoms with van der Waals surface area (Å²) in [5.74, 6) is -1.59. The van der Waals surface area contributed by atoms with Crippen LogP contribution in [0, 0.1) is 0 Å². The Hall–Kier alpha value is -4.27. The average molecular weight is 889 g/mol. The number of aliphatic carboxylic acids is 1. The highest BCUT2D eigenvalue weighted by molar-refractivity contribution is 5.72. The lowest BCUT2D eigenvalue weighted by molar-refractivity contribution is -0.887. The number of quaternary nitrogens is 1. The standard InChI is InChI=1S/C56H89NO7/c1-6-8-10-12-14-16-18-20-22-24-25-26-27-28-29-31-33-35-37-39-41-43-45-47-55(59)64-52(50-62-49-48-53(56(60)61)57(3,4)5)51-63-54(58)46-44-42-40-38-36-34-32-30-23-21-19-17-15-13-11-9-7-2/h8,10,14-17,20-23,25-26,28-29,32-35,38,40,52-53H,6-7,9,11-13,18-19,24,27,30-31,36-37,39,41-51H2,1-5H3/p+1/b10-8+,16-14+,17-15+,22-20+,23-21+,26-25+,29-28+,34-32+,35-33+,40-38+. The molecule has 0 saturated heterocycles. The van der Waals surface area contributed by atoms with Crippen molar-refractivity contribution in [2.24, 2.45) is 0 Å². The number of hydrogen-bond acceptors (Lipinski definition) is 6. The van der Waals surface area contributed by atoms with Gasteiger partial charge in [0.05, 0.1) is 34.4 Å². The Morgan fingerprint density at radius 2 is 0.891 bits per heavy atom. The fourth-order valence-electron chi connectivity index (χ4n) is 6.32. The lowest BCUT2D eigenvalue weighted by atomic mass is 10.1. The molecular formula is C56H90NO7+. The molecule has 0 radical (unpaired) electrons. The Kier molecular flexibility index (Phi) is 42.3. The molecule has 0 aromatic rings. The van der Waals surface area contributed by atoms with Crippen molar-refractivity contribution in [3.8, 4) is 0 Å². The molecule has 8 heteroatoms. The van der Waals surface area contributed by atoms with Gasteiger partial charge in [-0.05, 0) is 103 Å². The van der Waals surface area contributed by atoms with Crippen LogP contribution in [0.1, 0.15) is 162 Å². The molecular weight excluding hydrogens is 799 g/mol. The first-order chi connectivity index (χ1) is 31.1. The summed E-state index contributed by atoms with van der Waals surface area (Å²) in [6.07, 6.45) is 63.9. The van der Waals surface area contributed by atoms with Crippen LogP contribution in [0.3, 0.4) is 0 Å². The summed E-state index contributed by atoms with van der Waals surface area (Å²) in [5.41, 5.74) is 0. The highest BCUT2D eigenvalue weighted by Gasteiger charge is 2.31. The molecule has 0 saturated carbocycles. The molecule has 0 aliphatic rings. The molecule has 0 bridgehead atoms. The zero-order valence-corrected chi connectivity index (χ0v) is 40.9. The van der Waals surface area contributed by atoms with Gasteiger partial charge in [0, 0.05) is 19.3 Å². The third-order valence-electron chi connectivity index (χ3n) is 10.1. The maximum absolute atomic E-state index is 12.8. The molecule has 0 aliphatic carbocycles. The Morgan fingerprint density at radius 3 is 1.33 bits per heavy atom. The third-order valence-corrected chi connectivity index (χ3v) is 10.1. The van der Waals surface area contributed by atoms with Crippen LogP contribution >= 0.6 is 0 Å². The first-order valence-electron chi connectivity index (χ1n) is 24.6. The van der Waals surface area contributed by atoms with Crippen LogP contribution in [0.4, 0.5) is 0 Å². The second-order valence-electron chi connectivity index (χ2n) is 17.0. The van der Waals surface area contributed by atoms with Gasteiger partial charge in [-0.15, -0.1) is 0 Å². The van der Waals surface area contributed by atoms with Crippen molar-refractivity contribution in [1.29, 1.82) is 0 Å². The van der Waals surface area contributed by atoms with Gasteiger partial charge in [0.15, 0.2) is 12.1 Å². The first kappa shape index (κ1) is 59.7. The van der Waals surface area contributed by atoms with Crippen molar-refractivity contribution >= 4 is 17.9 Å². The Labute approximate surface area is 391 Å². The normalized spacial score (nSPS) is 14.0. The molecule has 0 aromatic heterocycles. The van der Waals surface area contributed by atoms with Crippen LogP contribution < -0.4 is 0 Å². The summed E-state index contributed by atoms with van der Waals surface area (Å²) < 4.78 is 17.2. The van der Waals surface area contributed by atoms with E-state index in [9.17, 15) is 19.5 Å². The van der Waals surface area contributed by atoms with Gasteiger partial charge < -0.3 is 23.8 Å². The minimum atomic E-state index is -0.892. The van der Waals surface area contributed by atoms with Gasteiger partial charge >= 0.3 is 17.9 Å². The first-order valence-corrected chi connectivity index (χ1v) is 24.6. The number of likely N-dealkylation sites (N-methyl/N-ethyl adjacent to an activating group) is 1. The number of carboxylic acid groups (broad SMARTS) is 1. The molecule has 0 rings (SSSR count). The number of carboxylic acids is 1. The van der Waals surface area contributed by atoms with Crippen molar-refractivity contribution in [1.82, 2.24) is 0 Å². The summed E-state index contributed by atoms with van der Waals surface area (Å²) in [5, 5.41) is 9.64. The van der Waals surface area contributed by atoms with E-state index in [0.717, 1.165) is 96.3 Å². The van der Waals surface area contributed by atoms with Gasteiger partial charge in [0.1, 0.15) is 6.61 Å². The van der Waals surface area contributed by atoms with Crippen LogP contribution in [0.5, 0.6) is 0 Å². The number of carbonyl (C=O) groups excluding carboxylic acids is 2. The SMILES string of the molecule is CC/C=C/C/C=C/C/C=C/C/C=C/C/C=C/C/C=C/CCCCCCC(=O)OC(COCCC(C(=O)O)[N+](C)(C)C)COC(=O)CCC/C=C/C/C=C/C/C=C/C/C=C/CCCCC. The minimum Gasteiger partial charge on any atom is -0.477 e. The van der Waals surface area contributed by atoms with Crippen LogP contribution in [-0.4, -0.2) is 80.6 Å². The van der Waals surface area contributed by atoms with E-state index < -0.39 is 18.1 Å². The number of rotatable bonds is 42. The summed E-state index contributed by atoms with van der Waals surface area (Å²) >= 11 is 0. The summed E-state index contributed by atoms with van der Waals surface area (Å²) in [7, 11) is 5.49. The van der Waals surface area contributed by atoms with E-state index >= 15 is 0 Å². The number of nitrogens with zero attached hydrogens (tertiary/aromatic N) is 1. The van der Waals surface area contributed by atoms with Crippen LogP contribution in [0.15, 0.2) is 122 Å². The molecule has 0 spiro atoms. The highest BCUT2D eigenvalue weighted by atomic mass is 16.6. The van der Waals surface area contributed by atoms with Crippen molar-refractivity contribution < 1.29 is 38.2 Å². The van der Waals surface area contributed by atoms with E-state index in [1.165, 1.54) is 25.7 Å². The van der Waals surface area contributed by atoms with Crippen molar-refractivity contribution in [2.75, 3.05) is 41.0 Å². The summed E-state index contributed by atoms with van der Waals surface area (Å²) in [6.45, 7) is 4.49. The van der Waals surface area contributed by atoms with E-state index in [1.54, 1.807) is 0 Å². The molecule has 0 amide bonds. The van der Waals surface area contributed by atoms with Gasteiger partial charge in [-0.1, -0.05) is 161 Å². The molecule has 0 heterocycles. The quantitative estimate of drug-likeness (QED) is 0.0282. The molecule has 0 aromatic carbocycles. The topological polar surface area (TPSA) is 99.1 Å². The molecule has 360 valence electrons. The smallest absolute Gasteiger partial charge is 0.362 e. The predicted molar refractivity (Wildman–Crippen MR) is 270 cm³/mol. The zero-order valence-electron chi connectivity index (χ0n) is 40.9. The number of unbranched alkanes of at least 4 members (excludes halogenated alkanes) is 8. The maximum atomic E-state index is 12.8. The van der Waals surface area contributed by atoms with E-state index in [4.69, 9.17) is 14.2 Å². The molecule has 8 nitrogen and oxygen atoms in total. The van der Waals surface area contributed by atoms with Gasteiger partial charge in [-0.2, -0.15) is 0 Å². The van der Waals surface area contributed by atoms with Crippen LogP contribution in [0.2, 0.25) is 0 Å². The van der Waals surface area contributed by atoms with Crippen LogP contribution in [-0.2, 0) is 28.6 Å². The molecule has 2 unspecified atom stereocenters. The molecule has 1 N–H and O–H groups in total. The van der Waals surface area contributed by atoms with Gasteiger partial charge in [-0.25, -0.2) is 4.79 Å². The van der Waals surface area contributed by atoms with E-state index in [1.807, 2.05) is 21.1 Å². The van der Waals surface area contributed by atoms with Crippen molar-refractivity contribution in [3.05, 3.63) is 122 Å². The predicted octanol–water partition coefficient (Wildman–Crippen LogP) is 14.2. The molecule has 64 heavy (non-hydrogen) atoms. The highest BCUT2D eigenvalue weighted by Crippen LogP contribution is 2.12. The molecule has 0 aliphatic heterocycles. The number of carbonyl (C=O) groups is 3. The van der Waals surface area contributed by atoms with Crippen molar-refractivity contribution in [2.45, 2.75) is 174 Å². The number of ether oxygens (including phenoxy) is 3. The largest absolute Gasteiger partial charge is 0.477 e. The van der Waals surface area contributed by atoms with Crippen LogP contribution in [0.25, 0.3) is 0 Å². The second-order valence-corrected chi connectivity index (χ2v) is 17.0. The second kappa shape index (κ2) is 45.3. The van der Waals surface area contributed by atoms with Crippen molar-refractivity contribution in [3.63, 3.8) is 0 Å². The van der Waals surface area contributed by atoms with E-state index in [2.05, 4.69) is 135 Å². The molecule has 2 atom stereocenters. The third kappa shape index (κ3) is 43.0. The molecule has 0 fully saturated rings.